The first kappa shape index (κ1) is 23.7. The van der Waals surface area contributed by atoms with Crippen molar-refractivity contribution in [2.24, 2.45) is 0 Å². The minimum Gasteiger partial charge on any atom is -0.399 e. The number of anilines is 2. The van der Waals surface area contributed by atoms with E-state index in [2.05, 4.69) is 16.9 Å². The highest BCUT2D eigenvalue weighted by Crippen LogP contribution is 2.26. The molecule has 0 unspecified atom stereocenters. The van der Waals surface area contributed by atoms with Gasteiger partial charge < -0.3 is 16.2 Å². The van der Waals surface area contributed by atoms with E-state index in [1.54, 1.807) is 12.1 Å². The molecule has 2 rings (SSSR count). The van der Waals surface area contributed by atoms with Crippen molar-refractivity contribution in [2.75, 3.05) is 30.6 Å². The molecule has 0 bridgehead atoms. The lowest BCUT2D eigenvalue weighted by Crippen LogP contribution is -2.07. The number of nitro benzene ring substituents is 1. The minimum absolute atomic E-state index is 0.0155. The number of benzene rings is 2. The van der Waals surface area contributed by atoms with Crippen molar-refractivity contribution in [2.45, 2.75) is 26.7 Å². The smallest absolute Gasteiger partial charge is 0.294 e. The predicted octanol–water partition coefficient (Wildman–Crippen LogP) is 4.25. The number of hydrogen-bond donors (Lipinski definition) is 3. The monoisotopic (exact) mass is 381 g/mol. The summed E-state index contributed by atoms with van der Waals surface area (Å²) in [6, 6.07) is 12.6. The summed E-state index contributed by atoms with van der Waals surface area (Å²) in [4.78, 5) is 10.6. The van der Waals surface area contributed by atoms with E-state index in [0.717, 1.165) is 17.5 Å². The van der Waals surface area contributed by atoms with Crippen molar-refractivity contribution in [3.63, 3.8) is 0 Å². The highest BCUT2D eigenvalue weighted by molar-refractivity contribution is 6.15. The van der Waals surface area contributed by atoms with Crippen LogP contribution in [-0.2, 0) is 12.8 Å². The van der Waals surface area contributed by atoms with Gasteiger partial charge in [0.05, 0.1) is 4.92 Å². The van der Waals surface area contributed by atoms with Gasteiger partial charge in [-0.15, -0.1) is 11.6 Å². The van der Waals surface area contributed by atoms with Gasteiger partial charge in [0.2, 0.25) is 0 Å². The lowest BCUT2D eigenvalue weighted by atomic mass is 10.1. The molecule has 7 heteroatoms. The van der Waals surface area contributed by atoms with Gasteiger partial charge in [-0.3, -0.25) is 10.1 Å². The molecule has 0 fully saturated rings. The van der Waals surface area contributed by atoms with Gasteiger partial charge in [0.25, 0.3) is 5.69 Å². The number of nitro groups is 1. The van der Waals surface area contributed by atoms with E-state index in [0.29, 0.717) is 24.3 Å². The van der Waals surface area contributed by atoms with E-state index >= 15 is 0 Å². The Balaban J connectivity index is 0.00000146. The van der Waals surface area contributed by atoms with Gasteiger partial charge in [-0.1, -0.05) is 38.1 Å². The fraction of sp³-hybridized carbons (Fsp3) is 0.368. The molecule has 0 aliphatic heterocycles. The van der Waals surface area contributed by atoms with Gasteiger partial charge in [-0.2, -0.15) is 0 Å². The van der Waals surface area contributed by atoms with Crippen LogP contribution in [0.1, 0.15) is 25.0 Å². The van der Waals surface area contributed by atoms with Crippen LogP contribution in [0.15, 0.2) is 42.5 Å². The molecule has 6 nitrogen and oxygen atoms in total. The van der Waals surface area contributed by atoms with Crippen molar-refractivity contribution in [3.8, 4) is 0 Å². The van der Waals surface area contributed by atoms with Crippen molar-refractivity contribution >= 4 is 28.7 Å². The maximum absolute atomic E-state index is 11.0. The van der Waals surface area contributed by atoms with Crippen molar-refractivity contribution in [1.82, 2.24) is 0 Å². The Kier molecular flexibility index (Phi) is 12.7. The minimum atomic E-state index is -0.442. The van der Waals surface area contributed by atoms with E-state index in [1.807, 2.05) is 38.1 Å². The van der Waals surface area contributed by atoms with E-state index in [4.69, 9.17) is 10.8 Å². The van der Waals surface area contributed by atoms with Crippen LogP contribution in [-0.4, -0.2) is 29.6 Å². The molecule has 0 aliphatic rings. The van der Waals surface area contributed by atoms with Crippen molar-refractivity contribution < 1.29 is 10.0 Å². The van der Waals surface area contributed by atoms with Crippen LogP contribution in [0.5, 0.6) is 0 Å². The molecular formula is C19H28ClN3O3. The quantitative estimate of drug-likeness (QED) is 0.288. The number of nitrogens with two attached hydrogens (primary N) is 1. The third-order valence-corrected chi connectivity index (χ3v) is 3.37. The second-order valence-electron chi connectivity index (χ2n) is 5.00. The Morgan fingerprint density at radius 1 is 1.08 bits per heavy atom. The molecule has 2 aromatic rings. The van der Waals surface area contributed by atoms with Gasteiger partial charge in [0, 0.05) is 31.3 Å². The number of alkyl halides is 1. The number of aliphatic hydroxyl groups is 1. The molecule has 0 saturated heterocycles. The molecule has 2 aromatic carbocycles. The van der Waals surface area contributed by atoms with Crippen molar-refractivity contribution in [3.05, 3.63) is 63.7 Å². The summed E-state index contributed by atoms with van der Waals surface area (Å²) in [5, 5.41) is 22.9. The lowest BCUT2D eigenvalue weighted by molar-refractivity contribution is -0.383. The van der Waals surface area contributed by atoms with Crippen LogP contribution in [0.4, 0.5) is 17.1 Å². The number of nitrogen functional groups attached to an aromatic ring is 1. The highest BCUT2D eigenvalue weighted by Gasteiger charge is 2.13. The average Bonchev–Trinajstić information content (AvgIpc) is 2.67. The first-order valence-electron chi connectivity index (χ1n) is 8.44. The summed E-state index contributed by atoms with van der Waals surface area (Å²) < 4.78 is 0. The molecule has 144 valence electrons. The fourth-order valence-electron chi connectivity index (χ4n) is 2.19. The van der Waals surface area contributed by atoms with Crippen LogP contribution in [0.25, 0.3) is 0 Å². The van der Waals surface area contributed by atoms with E-state index in [1.165, 1.54) is 12.4 Å². The number of rotatable bonds is 7. The van der Waals surface area contributed by atoms with Gasteiger partial charge in [0.1, 0.15) is 5.69 Å². The zero-order valence-corrected chi connectivity index (χ0v) is 16.3. The molecule has 0 amide bonds. The Morgan fingerprint density at radius 3 is 2.12 bits per heavy atom. The number of nitrogens with one attached hydrogen (secondary N) is 1. The van der Waals surface area contributed by atoms with Crippen LogP contribution in [0.3, 0.4) is 0 Å². The Bertz CT molecular complexity index is 649. The SMILES string of the molecule is CC.CCl.Nc1ccc(NCCc2ccc(CCO)cc2)c([N+](=O)[O-])c1. The summed E-state index contributed by atoms with van der Waals surface area (Å²) in [5.74, 6) is 0. The van der Waals surface area contributed by atoms with E-state index in [9.17, 15) is 10.1 Å². The van der Waals surface area contributed by atoms with Crippen LogP contribution in [0.2, 0.25) is 0 Å². The standard InChI is InChI=1S/C16H19N3O3.C2H6.CH3Cl/c17-14-5-6-15(16(11-14)19(21)22)18-9-7-12-1-3-13(4-2-12)8-10-20;2*1-2/h1-6,11,18,20H,7-10,17H2;1-2H3;1H3. The van der Waals surface area contributed by atoms with Crippen LogP contribution < -0.4 is 11.1 Å². The number of hydrogen-bond acceptors (Lipinski definition) is 5. The van der Waals surface area contributed by atoms with Gasteiger partial charge in [-0.05, 0) is 36.1 Å². The number of aliphatic hydroxyl groups excluding tert-OH is 1. The number of nitrogens with zero attached hydrogens (tertiary/aromatic N) is 1. The molecule has 0 spiro atoms. The third-order valence-electron chi connectivity index (χ3n) is 3.37. The maximum atomic E-state index is 11.0. The molecule has 0 radical (unpaired) electrons. The van der Waals surface area contributed by atoms with Gasteiger partial charge >= 0.3 is 0 Å². The highest BCUT2D eigenvalue weighted by atomic mass is 35.5. The second-order valence-corrected chi connectivity index (χ2v) is 5.00. The fourth-order valence-corrected chi connectivity index (χ4v) is 2.19. The summed E-state index contributed by atoms with van der Waals surface area (Å²) in [6.45, 7) is 4.73. The molecule has 26 heavy (non-hydrogen) atoms. The Hall–Kier alpha value is -2.31. The molecule has 0 heterocycles. The van der Waals surface area contributed by atoms with Crippen molar-refractivity contribution in [1.29, 1.82) is 0 Å². The van der Waals surface area contributed by atoms with E-state index < -0.39 is 4.92 Å². The Labute approximate surface area is 160 Å². The summed E-state index contributed by atoms with van der Waals surface area (Å²) >= 11 is 4.64. The van der Waals surface area contributed by atoms with E-state index in [-0.39, 0.29) is 12.3 Å². The largest absolute Gasteiger partial charge is 0.399 e. The zero-order valence-electron chi connectivity index (χ0n) is 15.5. The average molecular weight is 382 g/mol. The number of halogens is 1. The first-order chi connectivity index (χ1) is 12.6. The molecule has 0 atom stereocenters. The van der Waals surface area contributed by atoms with Gasteiger partial charge in [0.15, 0.2) is 0 Å². The molecule has 0 aromatic heterocycles. The van der Waals surface area contributed by atoms with Crippen LogP contribution in [0, 0.1) is 10.1 Å². The topological polar surface area (TPSA) is 101 Å². The van der Waals surface area contributed by atoms with Crippen LogP contribution >= 0.6 is 11.6 Å². The Morgan fingerprint density at radius 2 is 1.62 bits per heavy atom. The maximum Gasteiger partial charge on any atom is 0.294 e. The molecular weight excluding hydrogens is 354 g/mol. The summed E-state index contributed by atoms with van der Waals surface area (Å²) in [5.41, 5.74) is 8.62. The van der Waals surface area contributed by atoms with Gasteiger partial charge in [-0.25, -0.2) is 0 Å². The lowest BCUT2D eigenvalue weighted by Gasteiger charge is -2.08. The summed E-state index contributed by atoms with van der Waals surface area (Å²) in [6.07, 6.45) is 2.87. The molecule has 0 saturated carbocycles. The third kappa shape index (κ3) is 8.18. The first-order valence-corrected chi connectivity index (χ1v) is 9.20. The molecule has 0 aliphatic carbocycles. The summed E-state index contributed by atoms with van der Waals surface area (Å²) in [7, 11) is 0. The normalized spacial score (nSPS) is 9.27. The molecule has 4 N–H and O–H groups in total. The zero-order chi connectivity index (χ0) is 19.9. The predicted molar refractivity (Wildman–Crippen MR) is 110 cm³/mol. The second kappa shape index (κ2) is 13.9.